The number of allylic oxidation sites excluding steroid dienone is 7. The van der Waals surface area contributed by atoms with Crippen LogP contribution < -0.4 is 5.32 Å². The molecule has 2 nitrogen and oxygen atoms in total. The van der Waals surface area contributed by atoms with Crippen molar-refractivity contribution < 1.29 is 0 Å². The summed E-state index contributed by atoms with van der Waals surface area (Å²) >= 11 is 0. The van der Waals surface area contributed by atoms with Gasteiger partial charge >= 0.3 is 0 Å². The van der Waals surface area contributed by atoms with Crippen molar-refractivity contribution in [1.82, 2.24) is 10.3 Å². The topological polar surface area (TPSA) is 24.9 Å². The van der Waals surface area contributed by atoms with Gasteiger partial charge < -0.3 is 5.32 Å². The van der Waals surface area contributed by atoms with E-state index in [0.717, 1.165) is 34.5 Å². The van der Waals surface area contributed by atoms with E-state index >= 15 is 0 Å². The summed E-state index contributed by atoms with van der Waals surface area (Å²) in [7, 11) is 0. The fraction of sp³-hybridized carbons (Fsp3) is 0.167. The molecule has 0 bridgehead atoms. The van der Waals surface area contributed by atoms with Gasteiger partial charge in [0.2, 0.25) is 0 Å². The van der Waals surface area contributed by atoms with Crippen LogP contribution in [0.3, 0.4) is 0 Å². The van der Waals surface area contributed by atoms with E-state index in [-0.39, 0.29) is 0 Å². The Morgan fingerprint density at radius 1 is 1.45 bits per heavy atom. The Balaban J connectivity index is 2.48. The van der Waals surface area contributed by atoms with Crippen LogP contribution in [0.2, 0.25) is 0 Å². The van der Waals surface area contributed by atoms with Crippen LogP contribution in [0, 0.1) is 6.92 Å². The Morgan fingerprint density at radius 2 is 2.30 bits per heavy atom. The second kappa shape index (κ2) is 6.71. The van der Waals surface area contributed by atoms with Crippen molar-refractivity contribution in [1.29, 1.82) is 0 Å². The van der Waals surface area contributed by atoms with E-state index in [9.17, 15) is 0 Å². The van der Waals surface area contributed by atoms with E-state index in [4.69, 9.17) is 0 Å². The molecule has 2 rings (SSSR count). The van der Waals surface area contributed by atoms with E-state index in [1.54, 1.807) is 0 Å². The Kier molecular flexibility index (Phi) is 4.72. The molecule has 0 fully saturated rings. The van der Waals surface area contributed by atoms with Crippen molar-refractivity contribution in [3.05, 3.63) is 83.9 Å². The van der Waals surface area contributed by atoms with Gasteiger partial charge in [0.05, 0.1) is 0 Å². The van der Waals surface area contributed by atoms with E-state index in [1.165, 1.54) is 0 Å². The Hall–Kier alpha value is -2.35. The summed E-state index contributed by atoms with van der Waals surface area (Å²) in [5, 5.41) is 3.22. The van der Waals surface area contributed by atoms with Crippen LogP contribution in [0.5, 0.6) is 0 Å². The quantitative estimate of drug-likeness (QED) is 0.833. The Morgan fingerprint density at radius 3 is 2.95 bits per heavy atom. The third-order valence-electron chi connectivity index (χ3n) is 3.14. The SMILES string of the molecule is C=C(/C=C\C)/C(=C/C1=CNCC=C1)c1cccnc1C. The molecule has 0 radical (unpaired) electrons. The maximum atomic E-state index is 4.38. The monoisotopic (exact) mass is 264 g/mol. The second-order valence-electron chi connectivity index (χ2n) is 4.67. The molecular formula is C18H20N2. The highest BCUT2D eigenvalue weighted by Crippen LogP contribution is 2.26. The molecule has 102 valence electrons. The lowest BCUT2D eigenvalue weighted by Gasteiger charge is -2.12. The highest BCUT2D eigenvalue weighted by atomic mass is 14.8. The smallest absolute Gasteiger partial charge is 0.0451 e. The predicted molar refractivity (Wildman–Crippen MR) is 86.1 cm³/mol. The van der Waals surface area contributed by atoms with Crippen LogP contribution >= 0.6 is 0 Å². The van der Waals surface area contributed by atoms with Gasteiger partial charge in [-0.05, 0) is 42.7 Å². The lowest BCUT2D eigenvalue weighted by Crippen LogP contribution is -2.08. The Bertz CT molecular complexity index is 616. The lowest BCUT2D eigenvalue weighted by atomic mass is 9.95. The van der Waals surface area contributed by atoms with Gasteiger partial charge in [0.25, 0.3) is 0 Å². The van der Waals surface area contributed by atoms with Crippen LogP contribution in [0.4, 0.5) is 0 Å². The number of nitrogens with zero attached hydrogens (tertiary/aromatic N) is 1. The Labute approximate surface area is 120 Å². The lowest BCUT2D eigenvalue weighted by molar-refractivity contribution is 0.962. The summed E-state index contributed by atoms with van der Waals surface area (Å²) in [6, 6.07) is 4.05. The average molecular weight is 264 g/mol. The van der Waals surface area contributed by atoms with Gasteiger partial charge in [-0.25, -0.2) is 0 Å². The first-order chi connectivity index (χ1) is 9.72. The molecule has 1 aromatic rings. The van der Waals surface area contributed by atoms with Gasteiger partial charge in [-0.1, -0.05) is 36.9 Å². The van der Waals surface area contributed by atoms with Crippen LogP contribution in [-0.2, 0) is 0 Å². The minimum atomic E-state index is 0.883. The molecule has 0 saturated heterocycles. The van der Waals surface area contributed by atoms with Gasteiger partial charge in [0.15, 0.2) is 0 Å². The van der Waals surface area contributed by atoms with Crippen molar-refractivity contribution in [3.8, 4) is 0 Å². The summed E-state index contributed by atoms with van der Waals surface area (Å²) in [5.74, 6) is 0. The average Bonchev–Trinajstić information content (AvgIpc) is 2.47. The highest BCUT2D eigenvalue weighted by molar-refractivity contribution is 5.84. The van der Waals surface area contributed by atoms with Gasteiger partial charge in [-0.2, -0.15) is 0 Å². The van der Waals surface area contributed by atoms with Crippen LogP contribution in [0.1, 0.15) is 18.2 Å². The molecule has 0 aromatic carbocycles. The number of hydrogen-bond acceptors (Lipinski definition) is 2. The molecule has 0 unspecified atom stereocenters. The zero-order valence-corrected chi connectivity index (χ0v) is 12.1. The number of rotatable bonds is 4. The number of hydrogen-bond donors (Lipinski definition) is 1. The van der Waals surface area contributed by atoms with Crippen molar-refractivity contribution in [2.24, 2.45) is 0 Å². The molecule has 1 aliphatic heterocycles. The molecule has 0 spiro atoms. The molecular weight excluding hydrogens is 244 g/mol. The highest BCUT2D eigenvalue weighted by Gasteiger charge is 2.08. The molecule has 0 saturated carbocycles. The van der Waals surface area contributed by atoms with Crippen molar-refractivity contribution in [2.45, 2.75) is 13.8 Å². The third-order valence-corrected chi connectivity index (χ3v) is 3.14. The molecule has 1 N–H and O–H groups in total. The van der Waals surface area contributed by atoms with Crippen molar-refractivity contribution >= 4 is 5.57 Å². The number of aromatic nitrogens is 1. The van der Waals surface area contributed by atoms with E-state index in [2.05, 4.69) is 41.2 Å². The van der Waals surface area contributed by atoms with Crippen LogP contribution in [0.15, 0.2) is 72.6 Å². The van der Waals surface area contributed by atoms with Crippen LogP contribution in [0.25, 0.3) is 5.57 Å². The minimum Gasteiger partial charge on any atom is -0.387 e. The number of nitrogens with one attached hydrogen (secondary N) is 1. The fourth-order valence-corrected chi connectivity index (χ4v) is 2.15. The number of dihydropyridines is 1. The zero-order valence-electron chi connectivity index (χ0n) is 12.1. The molecule has 2 heteroatoms. The van der Waals surface area contributed by atoms with E-state index < -0.39 is 0 Å². The molecule has 1 aliphatic rings. The first-order valence-electron chi connectivity index (χ1n) is 6.78. The van der Waals surface area contributed by atoms with Gasteiger partial charge in [0, 0.05) is 30.2 Å². The van der Waals surface area contributed by atoms with Crippen molar-refractivity contribution in [3.63, 3.8) is 0 Å². The molecule has 20 heavy (non-hydrogen) atoms. The predicted octanol–water partition coefficient (Wildman–Crippen LogP) is 3.95. The van der Waals surface area contributed by atoms with Crippen LogP contribution in [-0.4, -0.2) is 11.5 Å². The zero-order chi connectivity index (χ0) is 14.4. The normalized spacial score (nSPS) is 15.1. The molecule has 2 heterocycles. The summed E-state index contributed by atoms with van der Waals surface area (Å²) in [5.41, 5.74) is 5.37. The summed E-state index contributed by atoms with van der Waals surface area (Å²) in [4.78, 5) is 4.38. The van der Waals surface area contributed by atoms with Gasteiger partial charge in [-0.15, -0.1) is 0 Å². The first kappa shape index (κ1) is 14.1. The first-order valence-corrected chi connectivity index (χ1v) is 6.78. The molecule has 0 amide bonds. The fourth-order valence-electron chi connectivity index (χ4n) is 2.15. The molecule has 0 aliphatic carbocycles. The third kappa shape index (κ3) is 3.35. The van der Waals surface area contributed by atoms with E-state index in [0.29, 0.717) is 0 Å². The van der Waals surface area contributed by atoms with Crippen molar-refractivity contribution in [2.75, 3.05) is 6.54 Å². The van der Waals surface area contributed by atoms with E-state index in [1.807, 2.05) is 44.5 Å². The van der Waals surface area contributed by atoms with Gasteiger partial charge in [0.1, 0.15) is 0 Å². The number of aryl methyl sites for hydroxylation is 1. The summed E-state index contributed by atoms with van der Waals surface area (Å²) in [6.45, 7) is 9.08. The standard InChI is InChI=1S/C18H20N2/c1-4-7-14(2)18(12-16-8-5-10-19-13-16)17-9-6-11-20-15(17)3/h4-9,11-13,19H,2,10H2,1,3H3/b7-4-,18-12-. The largest absolute Gasteiger partial charge is 0.387 e. The summed E-state index contributed by atoms with van der Waals surface area (Å²) in [6.07, 6.45) is 14.2. The second-order valence-corrected chi connectivity index (χ2v) is 4.67. The van der Waals surface area contributed by atoms with Gasteiger partial charge in [-0.3, -0.25) is 4.98 Å². The minimum absolute atomic E-state index is 0.883. The maximum absolute atomic E-state index is 4.38. The maximum Gasteiger partial charge on any atom is 0.0451 e. The molecule has 1 aromatic heterocycles. The molecule has 0 atom stereocenters. The summed E-state index contributed by atoms with van der Waals surface area (Å²) < 4.78 is 0. The number of pyridine rings is 1.